The number of rotatable bonds is 9. The second kappa shape index (κ2) is 10.5. The van der Waals surface area contributed by atoms with Gasteiger partial charge in [-0.3, -0.25) is 9.52 Å². The number of sulfonamides is 1. The van der Waals surface area contributed by atoms with Crippen molar-refractivity contribution in [1.29, 1.82) is 0 Å². The zero-order valence-electron chi connectivity index (χ0n) is 18.8. The summed E-state index contributed by atoms with van der Waals surface area (Å²) in [6.07, 6.45) is -0.892. The predicted molar refractivity (Wildman–Crippen MR) is 128 cm³/mol. The number of benzene rings is 3. The number of aliphatic hydroxyl groups is 1. The molecule has 0 bridgehead atoms. The summed E-state index contributed by atoms with van der Waals surface area (Å²) in [7, 11) is -3.79. The van der Waals surface area contributed by atoms with Crippen LogP contribution in [0.2, 0.25) is 0 Å². The maximum Gasteiger partial charge on any atom is 0.261 e. The number of carbonyl (C=O) groups is 1. The number of ether oxygens (including phenoxy) is 1. The summed E-state index contributed by atoms with van der Waals surface area (Å²) in [6.45, 7) is 5.84. The lowest BCUT2D eigenvalue weighted by Gasteiger charge is -2.14. The van der Waals surface area contributed by atoms with Gasteiger partial charge in [0.05, 0.1) is 4.90 Å². The van der Waals surface area contributed by atoms with Crippen LogP contribution in [0.5, 0.6) is 5.75 Å². The Morgan fingerprint density at radius 2 is 1.70 bits per heavy atom. The standard InChI is InChI=1S/C25H28N2O5S/c1-17-5-4-6-23(13-17)32-16-22(28)15-26-25(29)20-8-11-24(12-9-20)33(30,31)27-21-10-7-18(2)19(3)14-21/h4-14,22,27-28H,15-16H2,1-3H3,(H,26,29). The highest BCUT2D eigenvalue weighted by atomic mass is 32.2. The molecule has 0 aromatic heterocycles. The number of amides is 1. The third-order valence-electron chi connectivity index (χ3n) is 5.12. The molecule has 1 amide bonds. The third-order valence-corrected chi connectivity index (χ3v) is 6.51. The van der Waals surface area contributed by atoms with Gasteiger partial charge in [-0.05, 0) is 86.0 Å². The van der Waals surface area contributed by atoms with E-state index >= 15 is 0 Å². The number of hydrogen-bond acceptors (Lipinski definition) is 5. The zero-order valence-corrected chi connectivity index (χ0v) is 19.6. The van der Waals surface area contributed by atoms with Crippen LogP contribution in [-0.4, -0.2) is 38.7 Å². The minimum atomic E-state index is -3.79. The molecule has 0 saturated carbocycles. The molecule has 33 heavy (non-hydrogen) atoms. The van der Waals surface area contributed by atoms with E-state index in [1.807, 2.05) is 45.0 Å². The molecule has 0 heterocycles. The fourth-order valence-corrected chi connectivity index (χ4v) is 4.12. The molecule has 3 N–H and O–H groups in total. The number of aliphatic hydroxyl groups excluding tert-OH is 1. The second-order valence-corrected chi connectivity index (χ2v) is 9.60. The lowest BCUT2D eigenvalue weighted by molar-refractivity contribution is 0.0843. The average molecular weight is 469 g/mol. The first-order valence-electron chi connectivity index (χ1n) is 10.5. The van der Waals surface area contributed by atoms with Gasteiger partial charge in [-0.2, -0.15) is 0 Å². The SMILES string of the molecule is Cc1cccc(OCC(O)CNC(=O)c2ccc(S(=O)(=O)Nc3ccc(C)c(C)c3)cc2)c1. The maximum atomic E-state index is 12.6. The zero-order chi connectivity index (χ0) is 24.0. The van der Waals surface area contributed by atoms with Crippen molar-refractivity contribution in [3.05, 3.63) is 89.0 Å². The van der Waals surface area contributed by atoms with Crippen LogP contribution in [0.1, 0.15) is 27.0 Å². The van der Waals surface area contributed by atoms with E-state index in [0.29, 0.717) is 11.4 Å². The molecule has 0 radical (unpaired) electrons. The lowest BCUT2D eigenvalue weighted by Crippen LogP contribution is -2.35. The average Bonchev–Trinajstić information content (AvgIpc) is 2.78. The molecule has 1 atom stereocenters. The van der Waals surface area contributed by atoms with Crippen LogP contribution in [0.3, 0.4) is 0 Å². The molecule has 0 aliphatic rings. The molecule has 3 rings (SSSR count). The highest BCUT2D eigenvalue weighted by molar-refractivity contribution is 7.92. The van der Waals surface area contributed by atoms with E-state index in [4.69, 9.17) is 4.74 Å². The largest absolute Gasteiger partial charge is 0.491 e. The van der Waals surface area contributed by atoms with E-state index in [1.165, 1.54) is 24.3 Å². The molecular formula is C25H28N2O5S. The monoisotopic (exact) mass is 468 g/mol. The predicted octanol–water partition coefficient (Wildman–Crippen LogP) is 3.58. The van der Waals surface area contributed by atoms with E-state index in [1.54, 1.807) is 18.2 Å². The van der Waals surface area contributed by atoms with Gasteiger partial charge >= 0.3 is 0 Å². The van der Waals surface area contributed by atoms with E-state index in [-0.39, 0.29) is 23.6 Å². The van der Waals surface area contributed by atoms with Crippen molar-refractivity contribution in [3.63, 3.8) is 0 Å². The molecular weight excluding hydrogens is 440 g/mol. The highest BCUT2D eigenvalue weighted by Crippen LogP contribution is 2.19. The Labute approximate surface area is 194 Å². The molecule has 0 fully saturated rings. The van der Waals surface area contributed by atoms with Crippen LogP contribution in [0, 0.1) is 20.8 Å². The van der Waals surface area contributed by atoms with Crippen molar-refractivity contribution < 1.29 is 23.1 Å². The second-order valence-electron chi connectivity index (χ2n) is 7.92. The number of hydrogen-bond donors (Lipinski definition) is 3. The van der Waals surface area contributed by atoms with Gasteiger partial charge in [-0.25, -0.2) is 8.42 Å². The Bertz CT molecular complexity index is 1220. The quantitative estimate of drug-likeness (QED) is 0.445. The molecule has 174 valence electrons. The van der Waals surface area contributed by atoms with Gasteiger partial charge in [-0.1, -0.05) is 18.2 Å². The smallest absolute Gasteiger partial charge is 0.261 e. The molecule has 0 aliphatic heterocycles. The number of aryl methyl sites for hydroxylation is 3. The summed E-state index contributed by atoms with van der Waals surface area (Å²) in [5, 5.41) is 12.7. The van der Waals surface area contributed by atoms with Gasteiger partial charge in [0.25, 0.3) is 15.9 Å². The molecule has 1 unspecified atom stereocenters. The minimum Gasteiger partial charge on any atom is -0.491 e. The summed E-state index contributed by atoms with van der Waals surface area (Å²) in [5.74, 6) is 0.224. The number of carbonyl (C=O) groups excluding carboxylic acids is 1. The van der Waals surface area contributed by atoms with Gasteiger partial charge in [0.1, 0.15) is 18.5 Å². The van der Waals surface area contributed by atoms with E-state index in [0.717, 1.165) is 16.7 Å². The molecule has 0 aliphatic carbocycles. The number of nitrogens with one attached hydrogen (secondary N) is 2. The van der Waals surface area contributed by atoms with Crippen LogP contribution in [0.25, 0.3) is 0 Å². The Hall–Kier alpha value is -3.36. The van der Waals surface area contributed by atoms with Gasteiger partial charge in [-0.15, -0.1) is 0 Å². The van der Waals surface area contributed by atoms with Crippen molar-refractivity contribution >= 4 is 21.6 Å². The van der Waals surface area contributed by atoms with Gasteiger partial charge in [0.2, 0.25) is 0 Å². The van der Waals surface area contributed by atoms with Crippen molar-refractivity contribution in [2.45, 2.75) is 31.8 Å². The summed E-state index contributed by atoms with van der Waals surface area (Å²) >= 11 is 0. The maximum absolute atomic E-state index is 12.6. The highest BCUT2D eigenvalue weighted by Gasteiger charge is 2.16. The Kier molecular flexibility index (Phi) is 7.73. The summed E-state index contributed by atoms with van der Waals surface area (Å²) in [4.78, 5) is 12.4. The molecule has 3 aromatic carbocycles. The van der Waals surface area contributed by atoms with E-state index < -0.39 is 22.0 Å². The Balaban J connectivity index is 1.54. The summed E-state index contributed by atoms with van der Waals surface area (Å²) < 4.78 is 33.4. The lowest BCUT2D eigenvalue weighted by atomic mass is 10.1. The van der Waals surface area contributed by atoms with Crippen LogP contribution in [-0.2, 0) is 10.0 Å². The minimum absolute atomic E-state index is 0.000963. The summed E-state index contributed by atoms with van der Waals surface area (Å²) in [6, 6.07) is 18.4. The van der Waals surface area contributed by atoms with Crippen molar-refractivity contribution in [1.82, 2.24) is 5.32 Å². The van der Waals surface area contributed by atoms with Crippen molar-refractivity contribution in [3.8, 4) is 5.75 Å². The van der Waals surface area contributed by atoms with Gasteiger partial charge in [0.15, 0.2) is 0 Å². The molecule has 3 aromatic rings. The molecule has 0 saturated heterocycles. The number of anilines is 1. The van der Waals surface area contributed by atoms with Gasteiger partial charge < -0.3 is 15.2 Å². The first-order valence-corrected chi connectivity index (χ1v) is 12.0. The first kappa shape index (κ1) is 24.3. The Morgan fingerprint density at radius 3 is 2.36 bits per heavy atom. The van der Waals surface area contributed by atoms with Crippen molar-refractivity contribution in [2.24, 2.45) is 0 Å². The first-order chi connectivity index (χ1) is 15.6. The molecule has 7 nitrogen and oxygen atoms in total. The third kappa shape index (κ3) is 6.81. The van der Waals surface area contributed by atoms with Crippen molar-refractivity contribution in [2.75, 3.05) is 17.9 Å². The van der Waals surface area contributed by atoms with Gasteiger partial charge in [0, 0.05) is 17.8 Å². The van der Waals surface area contributed by atoms with Crippen LogP contribution >= 0.6 is 0 Å². The van der Waals surface area contributed by atoms with Crippen LogP contribution in [0.15, 0.2) is 71.6 Å². The normalized spacial score (nSPS) is 12.1. The fourth-order valence-electron chi connectivity index (χ4n) is 3.07. The fraction of sp³-hybridized carbons (Fsp3) is 0.240. The molecule has 0 spiro atoms. The van der Waals surface area contributed by atoms with E-state index in [9.17, 15) is 18.3 Å². The molecule has 8 heteroatoms. The van der Waals surface area contributed by atoms with E-state index in [2.05, 4.69) is 10.0 Å². The Morgan fingerprint density at radius 1 is 0.970 bits per heavy atom. The van der Waals surface area contributed by atoms with Crippen LogP contribution in [0.4, 0.5) is 5.69 Å². The topological polar surface area (TPSA) is 105 Å². The van der Waals surface area contributed by atoms with Crippen LogP contribution < -0.4 is 14.8 Å². The summed E-state index contributed by atoms with van der Waals surface area (Å²) in [5.41, 5.74) is 3.85.